The number of nitrogens with zero attached hydrogens (tertiary/aromatic N) is 2. The zero-order valence-electron chi connectivity index (χ0n) is 15.0. The molecule has 9 heteroatoms. The van der Waals surface area contributed by atoms with Gasteiger partial charge in [0.1, 0.15) is 16.6 Å². The second-order valence-electron chi connectivity index (χ2n) is 5.85. The SMILES string of the molecule is N#Cc1ccc(OCC(=O)NNC(=O)Cc2csc(-c3cccc(F)c3)n2)cc1. The molecule has 1 heterocycles. The minimum atomic E-state index is -0.540. The molecule has 2 amide bonds. The van der Waals surface area contributed by atoms with E-state index in [1.165, 1.54) is 23.5 Å². The number of carbonyl (C=O) groups excluding carboxylic acids is 2. The molecule has 2 aromatic carbocycles. The van der Waals surface area contributed by atoms with Gasteiger partial charge in [-0.2, -0.15) is 5.26 Å². The van der Waals surface area contributed by atoms with Gasteiger partial charge in [0.05, 0.1) is 23.7 Å². The van der Waals surface area contributed by atoms with E-state index in [-0.39, 0.29) is 18.8 Å². The summed E-state index contributed by atoms with van der Waals surface area (Å²) in [5.41, 5.74) is 6.16. The number of carbonyl (C=O) groups is 2. The Morgan fingerprint density at radius 1 is 1.14 bits per heavy atom. The molecule has 0 atom stereocenters. The predicted octanol–water partition coefficient (Wildman–Crippen LogP) is 2.59. The summed E-state index contributed by atoms with van der Waals surface area (Å²) >= 11 is 1.30. The summed E-state index contributed by atoms with van der Waals surface area (Å²) in [6.07, 6.45) is -0.0391. The number of nitrogens with one attached hydrogen (secondary N) is 2. The van der Waals surface area contributed by atoms with Crippen molar-refractivity contribution in [3.8, 4) is 22.4 Å². The van der Waals surface area contributed by atoms with Crippen LogP contribution in [0.5, 0.6) is 5.75 Å². The Morgan fingerprint density at radius 2 is 1.90 bits per heavy atom. The van der Waals surface area contributed by atoms with Gasteiger partial charge in [0, 0.05) is 10.9 Å². The first-order chi connectivity index (χ1) is 14.0. The van der Waals surface area contributed by atoms with Gasteiger partial charge in [0.15, 0.2) is 6.61 Å². The highest BCUT2D eigenvalue weighted by Crippen LogP contribution is 2.24. The monoisotopic (exact) mass is 410 g/mol. The van der Waals surface area contributed by atoms with Crippen LogP contribution in [-0.4, -0.2) is 23.4 Å². The first kappa shape index (κ1) is 20.0. The molecule has 2 N–H and O–H groups in total. The summed E-state index contributed by atoms with van der Waals surface area (Å²) in [5, 5.41) is 11.0. The van der Waals surface area contributed by atoms with Crippen molar-refractivity contribution < 1.29 is 18.7 Å². The number of nitriles is 1. The van der Waals surface area contributed by atoms with Gasteiger partial charge in [-0.15, -0.1) is 11.3 Å². The Labute approximate surface area is 169 Å². The normalized spacial score (nSPS) is 10.1. The maximum Gasteiger partial charge on any atom is 0.276 e. The molecule has 0 spiro atoms. The first-order valence-corrected chi connectivity index (χ1v) is 9.32. The number of hydrogen-bond acceptors (Lipinski definition) is 6. The van der Waals surface area contributed by atoms with Crippen LogP contribution in [0.3, 0.4) is 0 Å². The number of rotatable bonds is 6. The van der Waals surface area contributed by atoms with E-state index in [9.17, 15) is 14.0 Å². The van der Waals surface area contributed by atoms with Crippen LogP contribution in [0.4, 0.5) is 4.39 Å². The van der Waals surface area contributed by atoms with Gasteiger partial charge in [-0.3, -0.25) is 20.4 Å². The fourth-order valence-electron chi connectivity index (χ4n) is 2.30. The van der Waals surface area contributed by atoms with E-state index in [2.05, 4.69) is 15.8 Å². The smallest absolute Gasteiger partial charge is 0.276 e. The third-order valence-electron chi connectivity index (χ3n) is 3.66. The standard InChI is InChI=1S/C20H15FN4O3S/c21-15-3-1-2-14(8-15)20-23-16(12-29-20)9-18(26)24-25-19(27)11-28-17-6-4-13(10-22)5-7-17/h1-8,12H,9,11H2,(H,24,26)(H,25,27). The van der Waals surface area contributed by atoms with Crippen LogP contribution in [0.25, 0.3) is 10.6 Å². The van der Waals surface area contributed by atoms with Gasteiger partial charge >= 0.3 is 0 Å². The highest BCUT2D eigenvalue weighted by Gasteiger charge is 2.11. The summed E-state index contributed by atoms with van der Waals surface area (Å²) in [7, 11) is 0. The quantitative estimate of drug-likeness (QED) is 0.608. The van der Waals surface area contributed by atoms with E-state index in [4.69, 9.17) is 10.00 Å². The second kappa shape index (κ2) is 9.43. The van der Waals surface area contributed by atoms with Gasteiger partial charge in [0.25, 0.3) is 5.91 Å². The van der Waals surface area contributed by atoms with Crippen LogP contribution in [0.15, 0.2) is 53.9 Å². The molecule has 3 rings (SSSR count). The predicted molar refractivity (Wildman–Crippen MR) is 104 cm³/mol. The summed E-state index contributed by atoms with van der Waals surface area (Å²) in [6.45, 7) is -0.299. The first-order valence-electron chi connectivity index (χ1n) is 8.44. The summed E-state index contributed by atoms with van der Waals surface area (Å²) in [5.74, 6) is -0.921. The maximum atomic E-state index is 13.3. The van der Waals surface area contributed by atoms with Crippen molar-refractivity contribution >= 4 is 23.2 Å². The Balaban J connectivity index is 1.43. The molecule has 0 aliphatic rings. The lowest BCUT2D eigenvalue weighted by atomic mass is 10.2. The van der Waals surface area contributed by atoms with Crippen LogP contribution in [0.2, 0.25) is 0 Å². The average molecular weight is 410 g/mol. The van der Waals surface area contributed by atoms with Gasteiger partial charge in [-0.25, -0.2) is 9.37 Å². The van der Waals surface area contributed by atoms with Crippen molar-refractivity contribution in [1.29, 1.82) is 5.26 Å². The van der Waals surface area contributed by atoms with Crippen molar-refractivity contribution in [3.63, 3.8) is 0 Å². The number of halogens is 1. The number of hydrogen-bond donors (Lipinski definition) is 2. The lowest BCUT2D eigenvalue weighted by molar-refractivity contribution is -0.129. The summed E-state index contributed by atoms with van der Waals surface area (Å²) in [6, 6.07) is 14.3. The van der Waals surface area contributed by atoms with E-state index in [1.807, 2.05) is 6.07 Å². The summed E-state index contributed by atoms with van der Waals surface area (Å²) in [4.78, 5) is 28.0. The highest BCUT2D eigenvalue weighted by molar-refractivity contribution is 7.13. The number of benzene rings is 2. The molecule has 0 bridgehead atoms. The minimum absolute atomic E-state index is 0.0391. The van der Waals surface area contributed by atoms with E-state index >= 15 is 0 Å². The van der Waals surface area contributed by atoms with Gasteiger partial charge in [-0.1, -0.05) is 12.1 Å². The van der Waals surface area contributed by atoms with Crippen molar-refractivity contribution in [2.45, 2.75) is 6.42 Å². The molecule has 146 valence electrons. The third-order valence-corrected chi connectivity index (χ3v) is 4.60. The Kier molecular flexibility index (Phi) is 6.50. The van der Waals surface area contributed by atoms with Crippen molar-refractivity contribution in [2.24, 2.45) is 0 Å². The van der Waals surface area contributed by atoms with Crippen molar-refractivity contribution in [1.82, 2.24) is 15.8 Å². The van der Waals surface area contributed by atoms with E-state index < -0.39 is 11.8 Å². The topological polar surface area (TPSA) is 104 Å². The Morgan fingerprint density at radius 3 is 2.62 bits per heavy atom. The molecule has 0 fully saturated rings. The van der Waals surface area contributed by atoms with Crippen LogP contribution >= 0.6 is 11.3 Å². The molecular formula is C20H15FN4O3S. The van der Waals surface area contributed by atoms with E-state index in [0.29, 0.717) is 27.6 Å². The lowest BCUT2D eigenvalue weighted by Crippen LogP contribution is -2.44. The third kappa shape index (κ3) is 5.85. The number of hydrazine groups is 1. The largest absolute Gasteiger partial charge is 0.484 e. The zero-order chi connectivity index (χ0) is 20.6. The molecule has 0 saturated heterocycles. The Bertz CT molecular complexity index is 1060. The van der Waals surface area contributed by atoms with Crippen LogP contribution in [0.1, 0.15) is 11.3 Å². The molecule has 0 aliphatic heterocycles. The lowest BCUT2D eigenvalue weighted by Gasteiger charge is -2.08. The molecular weight excluding hydrogens is 395 g/mol. The molecule has 0 aliphatic carbocycles. The van der Waals surface area contributed by atoms with Gasteiger partial charge in [-0.05, 0) is 36.4 Å². The zero-order valence-corrected chi connectivity index (χ0v) is 15.8. The van der Waals surface area contributed by atoms with Crippen LogP contribution in [0, 0.1) is 17.1 Å². The van der Waals surface area contributed by atoms with Crippen LogP contribution < -0.4 is 15.6 Å². The van der Waals surface area contributed by atoms with E-state index in [1.54, 1.807) is 41.8 Å². The maximum absolute atomic E-state index is 13.3. The second-order valence-corrected chi connectivity index (χ2v) is 6.71. The van der Waals surface area contributed by atoms with Crippen molar-refractivity contribution in [2.75, 3.05) is 6.61 Å². The van der Waals surface area contributed by atoms with Crippen LogP contribution in [-0.2, 0) is 16.0 Å². The number of aromatic nitrogens is 1. The van der Waals surface area contributed by atoms with Gasteiger partial charge in [0.2, 0.25) is 5.91 Å². The van der Waals surface area contributed by atoms with Crippen molar-refractivity contribution in [3.05, 3.63) is 71.0 Å². The number of ether oxygens (including phenoxy) is 1. The van der Waals surface area contributed by atoms with E-state index in [0.717, 1.165) is 0 Å². The summed E-state index contributed by atoms with van der Waals surface area (Å²) < 4.78 is 18.6. The number of thiazole rings is 1. The number of amides is 2. The average Bonchev–Trinajstić information content (AvgIpc) is 3.19. The fraction of sp³-hybridized carbons (Fsp3) is 0.100. The molecule has 7 nitrogen and oxygen atoms in total. The molecule has 3 aromatic rings. The molecule has 1 aromatic heterocycles. The Hall–Kier alpha value is -3.77. The van der Waals surface area contributed by atoms with Gasteiger partial charge < -0.3 is 4.74 Å². The highest BCUT2D eigenvalue weighted by atomic mass is 32.1. The fourth-order valence-corrected chi connectivity index (χ4v) is 3.12. The molecule has 0 unspecified atom stereocenters. The molecule has 29 heavy (non-hydrogen) atoms. The minimum Gasteiger partial charge on any atom is -0.484 e. The molecule has 0 radical (unpaired) electrons. The molecule has 0 saturated carbocycles.